The van der Waals surface area contributed by atoms with Crippen molar-refractivity contribution in [1.29, 1.82) is 0 Å². The molecule has 3 heteroatoms. The fraction of sp³-hybridized carbons (Fsp3) is 1.00. The predicted octanol–water partition coefficient (Wildman–Crippen LogP) is 0.669. The van der Waals surface area contributed by atoms with Crippen molar-refractivity contribution in [3.63, 3.8) is 0 Å². The van der Waals surface area contributed by atoms with Crippen molar-refractivity contribution in [3.8, 4) is 0 Å². The van der Waals surface area contributed by atoms with Gasteiger partial charge in [-0.05, 0) is 39.5 Å². The van der Waals surface area contributed by atoms with E-state index in [1.165, 1.54) is 0 Å². The van der Waals surface area contributed by atoms with Crippen LogP contribution in [-0.4, -0.2) is 33.6 Å². The molecule has 0 aliphatic heterocycles. The van der Waals surface area contributed by atoms with Gasteiger partial charge in [-0.25, -0.2) is 0 Å². The highest BCUT2D eigenvalue weighted by Gasteiger charge is 2.07. The van der Waals surface area contributed by atoms with Gasteiger partial charge in [0, 0.05) is 0 Å². The third kappa shape index (κ3) is 7.98. The summed E-state index contributed by atoms with van der Waals surface area (Å²) in [4.78, 5) is 0. The van der Waals surface area contributed by atoms with Crippen LogP contribution in [0.1, 0.15) is 39.5 Å². The van der Waals surface area contributed by atoms with Gasteiger partial charge in [-0.15, -0.1) is 0 Å². The maximum Gasteiger partial charge on any atom is 0.0542 e. The second-order valence-corrected chi connectivity index (χ2v) is 3.51. The maximum absolute atomic E-state index is 9.32. The number of aliphatic hydroxyl groups excluding tert-OH is 3. The second kappa shape index (κ2) is 6.40. The van der Waals surface area contributed by atoms with Crippen LogP contribution >= 0.6 is 0 Å². The molecule has 0 spiro atoms. The number of rotatable bonds is 6. The van der Waals surface area contributed by atoms with Crippen molar-refractivity contribution in [2.45, 2.75) is 57.8 Å². The lowest BCUT2D eigenvalue weighted by molar-refractivity contribution is 0.0971. The normalized spacial score (nSPS) is 16.5. The van der Waals surface area contributed by atoms with Crippen LogP contribution in [-0.2, 0) is 0 Å². The first-order valence-electron chi connectivity index (χ1n) is 4.56. The Bertz CT molecular complexity index is 89.9. The first-order valence-corrected chi connectivity index (χ1v) is 4.56. The zero-order chi connectivity index (χ0) is 9.56. The molecule has 0 bridgehead atoms. The lowest BCUT2D eigenvalue weighted by atomic mass is 10.1. The molecule has 3 nitrogen and oxygen atoms in total. The van der Waals surface area contributed by atoms with Gasteiger partial charge in [0.1, 0.15) is 0 Å². The molecule has 0 aliphatic rings. The molecule has 0 fully saturated rings. The van der Waals surface area contributed by atoms with Crippen LogP contribution in [0.15, 0.2) is 0 Å². The fourth-order valence-corrected chi connectivity index (χ4v) is 1.01. The third-order valence-corrected chi connectivity index (χ3v) is 1.84. The zero-order valence-electron chi connectivity index (χ0n) is 7.90. The molecule has 74 valence electrons. The summed E-state index contributed by atoms with van der Waals surface area (Å²) in [6.45, 7) is 3.42. The smallest absolute Gasteiger partial charge is 0.0542 e. The van der Waals surface area contributed by atoms with Gasteiger partial charge in [-0.2, -0.15) is 0 Å². The Hall–Kier alpha value is -0.120. The van der Waals surface area contributed by atoms with Crippen LogP contribution in [0.4, 0.5) is 0 Å². The Morgan fingerprint density at radius 1 is 0.750 bits per heavy atom. The summed E-state index contributed by atoms with van der Waals surface area (Å²) in [5, 5.41) is 27.2. The molecule has 0 aromatic carbocycles. The fourth-order valence-electron chi connectivity index (χ4n) is 1.01. The molecule has 0 saturated carbocycles. The van der Waals surface area contributed by atoms with Gasteiger partial charge in [0.05, 0.1) is 18.3 Å². The Balaban J connectivity index is 3.27. The molecule has 0 heterocycles. The number of aliphatic hydroxyl groups is 3. The van der Waals surface area contributed by atoms with E-state index in [4.69, 9.17) is 10.2 Å². The molecule has 12 heavy (non-hydrogen) atoms. The molecule has 0 aliphatic carbocycles. The second-order valence-electron chi connectivity index (χ2n) is 3.51. The molecule has 0 aromatic rings. The summed E-state index contributed by atoms with van der Waals surface area (Å²) in [5.41, 5.74) is 0. The van der Waals surface area contributed by atoms with Gasteiger partial charge in [-0.3, -0.25) is 0 Å². The van der Waals surface area contributed by atoms with E-state index in [-0.39, 0.29) is 18.3 Å². The third-order valence-electron chi connectivity index (χ3n) is 1.84. The first-order chi connectivity index (χ1) is 5.52. The van der Waals surface area contributed by atoms with Crippen LogP contribution in [0, 0.1) is 0 Å². The Morgan fingerprint density at radius 3 is 1.33 bits per heavy atom. The Labute approximate surface area is 74.0 Å². The van der Waals surface area contributed by atoms with E-state index in [0.717, 1.165) is 0 Å². The molecular weight excluding hydrogens is 156 g/mol. The summed E-state index contributed by atoms with van der Waals surface area (Å²) in [6.07, 6.45) is 1.42. The minimum absolute atomic E-state index is 0.341. The molecule has 0 radical (unpaired) electrons. The highest BCUT2D eigenvalue weighted by Crippen LogP contribution is 2.08. The minimum atomic E-state index is -0.380. The summed E-state index contributed by atoms with van der Waals surface area (Å²) in [7, 11) is 0. The van der Waals surface area contributed by atoms with Crippen LogP contribution in [0.25, 0.3) is 0 Å². The van der Waals surface area contributed by atoms with E-state index < -0.39 is 0 Å². The van der Waals surface area contributed by atoms with E-state index in [2.05, 4.69) is 0 Å². The maximum atomic E-state index is 9.32. The quantitative estimate of drug-likeness (QED) is 0.557. The molecule has 0 unspecified atom stereocenters. The largest absolute Gasteiger partial charge is 0.393 e. The van der Waals surface area contributed by atoms with E-state index in [0.29, 0.717) is 25.7 Å². The highest BCUT2D eigenvalue weighted by molar-refractivity contribution is 4.60. The van der Waals surface area contributed by atoms with E-state index in [1.54, 1.807) is 13.8 Å². The number of hydrogen-bond acceptors (Lipinski definition) is 3. The van der Waals surface area contributed by atoms with Gasteiger partial charge in [-0.1, -0.05) is 0 Å². The molecule has 0 aromatic heterocycles. The molecular formula is C9H20O3. The predicted molar refractivity (Wildman–Crippen MR) is 47.8 cm³/mol. The van der Waals surface area contributed by atoms with Crippen molar-refractivity contribution in [2.75, 3.05) is 0 Å². The average molecular weight is 176 g/mol. The topological polar surface area (TPSA) is 60.7 Å². The lowest BCUT2D eigenvalue weighted by Gasteiger charge is -2.12. The van der Waals surface area contributed by atoms with Gasteiger partial charge in [0.2, 0.25) is 0 Å². The lowest BCUT2D eigenvalue weighted by Crippen LogP contribution is -2.13. The summed E-state index contributed by atoms with van der Waals surface area (Å²) >= 11 is 0. The van der Waals surface area contributed by atoms with Crippen molar-refractivity contribution >= 4 is 0 Å². The van der Waals surface area contributed by atoms with E-state index in [9.17, 15) is 5.11 Å². The van der Waals surface area contributed by atoms with Crippen LogP contribution in [0.5, 0.6) is 0 Å². The summed E-state index contributed by atoms with van der Waals surface area (Å²) < 4.78 is 0. The minimum Gasteiger partial charge on any atom is -0.393 e. The Kier molecular flexibility index (Phi) is 6.34. The number of hydrogen-bond donors (Lipinski definition) is 3. The van der Waals surface area contributed by atoms with Crippen LogP contribution < -0.4 is 0 Å². The molecule has 0 saturated heterocycles. The van der Waals surface area contributed by atoms with E-state index >= 15 is 0 Å². The van der Waals surface area contributed by atoms with E-state index in [1.807, 2.05) is 0 Å². The van der Waals surface area contributed by atoms with Gasteiger partial charge in [0.25, 0.3) is 0 Å². The van der Waals surface area contributed by atoms with Crippen molar-refractivity contribution in [3.05, 3.63) is 0 Å². The molecule has 2 atom stereocenters. The van der Waals surface area contributed by atoms with Crippen LogP contribution in [0.2, 0.25) is 0 Å². The summed E-state index contributed by atoms with van der Waals surface area (Å²) in [6, 6.07) is 0. The van der Waals surface area contributed by atoms with Gasteiger partial charge < -0.3 is 15.3 Å². The molecule has 0 rings (SSSR count). The highest BCUT2D eigenvalue weighted by atomic mass is 16.3. The molecule has 3 N–H and O–H groups in total. The SMILES string of the molecule is C[C@@H](O)CCC(O)CC[C@@H](C)O. The zero-order valence-corrected chi connectivity index (χ0v) is 7.90. The van der Waals surface area contributed by atoms with Crippen molar-refractivity contribution in [1.82, 2.24) is 0 Å². The Morgan fingerprint density at radius 2 is 1.08 bits per heavy atom. The standard InChI is InChI=1S/C9H20O3/c1-7(10)3-5-9(12)6-4-8(2)11/h7-12H,3-6H2,1-2H3/t7-,8-/m1/s1. The van der Waals surface area contributed by atoms with Crippen molar-refractivity contribution < 1.29 is 15.3 Å². The summed E-state index contributed by atoms with van der Waals surface area (Å²) in [5.74, 6) is 0. The van der Waals surface area contributed by atoms with Crippen LogP contribution in [0.3, 0.4) is 0 Å². The van der Waals surface area contributed by atoms with Crippen molar-refractivity contribution in [2.24, 2.45) is 0 Å². The average Bonchev–Trinajstić information content (AvgIpc) is 1.96. The van der Waals surface area contributed by atoms with Gasteiger partial charge >= 0.3 is 0 Å². The monoisotopic (exact) mass is 176 g/mol. The molecule has 0 amide bonds. The first kappa shape index (κ1) is 11.9. The van der Waals surface area contributed by atoms with Gasteiger partial charge in [0.15, 0.2) is 0 Å².